The number of ether oxygens (including phenoxy) is 1. The monoisotopic (exact) mass is 404 g/mol. The van der Waals surface area contributed by atoms with Crippen molar-refractivity contribution in [2.45, 2.75) is 90.6 Å². The fourth-order valence-electron chi connectivity index (χ4n) is 3.20. The number of halogens is 2. The van der Waals surface area contributed by atoms with E-state index in [9.17, 15) is 8.78 Å². The predicted molar refractivity (Wildman–Crippen MR) is 114 cm³/mol. The van der Waals surface area contributed by atoms with Gasteiger partial charge in [-0.25, -0.2) is 9.97 Å². The van der Waals surface area contributed by atoms with E-state index in [1.165, 1.54) is 38.5 Å². The Kier molecular flexibility index (Phi) is 10.0. The first-order valence-electron chi connectivity index (χ1n) is 11.0. The van der Waals surface area contributed by atoms with Gasteiger partial charge in [-0.05, 0) is 49.1 Å². The zero-order valence-electron chi connectivity index (χ0n) is 17.8. The molecule has 2 rings (SSSR count). The number of unbranched alkanes of at least 4 members (excludes halogenated alkanes) is 7. The number of aryl methyl sites for hydroxylation is 1. The molecule has 160 valence electrons. The smallest absolute Gasteiger partial charge is 0.397 e. The molecule has 0 saturated heterocycles. The Balaban J connectivity index is 1.80. The fourth-order valence-corrected chi connectivity index (χ4v) is 3.20. The molecule has 5 heteroatoms. The normalized spacial score (nSPS) is 11.6. The molecule has 1 aromatic heterocycles. The molecule has 0 amide bonds. The van der Waals surface area contributed by atoms with E-state index < -0.39 is 6.11 Å². The van der Waals surface area contributed by atoms with Crippen molar-refractivity contribution in [2.75, 3.05) is 0 Å². The molecule has 2 aromatic rings. The minimum Gasteiger partial charge on any atom is -0.433 e. The van der Waals surface area contributed by atoms with E-state index in [-0.39, 0.29) is 12.2 Å². The summed E-state index contributed by atoms with van der Waals surface area (Å²) in [5.74, 6) is 0.753. The van der Waals surface area contributed by atoms with Crippen LogP contribution in [0.2, 0.25) is 0 Å². The topological polar surface area (TPSA) is 35.0 Å². The summed E-state index contributed by atoms with van der Waals surface area (Å²) in [4.78, 5) is 8.87. The highest BCUT2D eigenvalue weighted by Crippen LogP contribution is 2.28. The Labute approximate surface area is 173 Å². The second-order valence-corrected chi connectivity index (χ2v) is 7.65. The van der Waals surface area contributed by atoms with Crippen molar-refractivity contribution < 1.29 is 13.5 Å². The van der Waals surface area contributed by atoms with Crippen molar-refractivity contribution in [3.05, 3.63) is 42.2 Å². The number of aromatic nitrogens is 2. The Morgan fingerprint density at radius 2 is 1.38 bits per heavy atom. The Morgan fingerprint density at radius 1 is 0.793 bits per heavy atom. The molecule has 0 N–H and O–H groups in total. The van der Waals surface area contributed by atoms with E-state index in [2.05, 4.69) is 16.9 Å². The van der Waals surface area contributed by atoms with Gasteiger partial charge >= 0.3 is 6.11 Å². The maximum absolute atomic E-state index is 13.7. The highest BCUT2D eigenvalue weighted by Gasteiger charge is 2.30. The van der Waals surface area contributed by atoms with Gasteiger partial charge in [0.2, 0.25) is 0 Å². The summed E-state index contributed by atoms with van der Waals surface area (Å²) in [6, 6.07) is 6.53. The Bertz CT molecular complexity index is 687. The molecule has 0 fully saturated rings. The van der Waals surface area contributed by atoms with Gasteiger partial charge in [0.1, 0.15) is 5.75 Å². The molecule has 0 saturated carbocycles. The second-order valence-electron chi connectivity index (χ2n) is 7.65. The average Bonchev–Trinajstić information content (AvgIpc) is 2.72. The van der Waals surface area contributed by atoms with Crippen LogP contribution in [-0.2, 0) is 6.42 Å². The Hall–Kier alpha value is -2.04. The first kappa shape index (κ1) is 23.2. The molecular formula is C24H34F2N2O. The number of benzene rings is 1. The van der Waals surface area contributed by atoms with Gasteiger partial charge in [0.05, 0.1) is 6.42 Å². The first-order chi connectivity index (χ1) is 14.0. The summed E-state index contributed by atoms with van der Waals surface area (Å²) in [6.45, 7) is 4.11. The maximum Gasteiger partial charge on any atom is 0.397 e. The lowest BCUT2D eigenvalue weighted by molar-refractivity contribution is -0.181. The molecule has 29 heavy (non-hydrogen) atoms. The lowest BCUT2D eigenvalue weighted by Gasteiger charge is -2.17. The zero-order chi connectivity index (χ0) is 21.0. The summed E-state index contributed by atoms with van der Waals surface area (Å²) in [6.07, 6.45) is 11.5. The van der Waals surface area contributed by atoms with Crippen molar-refractivity contribution in [3.8, 4) is 17.1 Å². The van der Waals surface area contributed by atoms with E-state index in [0.717, 1.165) is 24.0 Å². The van der Waals surface area contributed by atoms with Crippen LogP contribution >= 0.6 is 0 Å². The third-order valence-electron chi connectivity index (χ3n) is 4.98. The van der Waals surface area contributed by atoms with Crippen molar-refractivity contribution >= 4 is 0 Å². The van der Waals surface area contributed by atoms with Crippen LogP contribution in [0.5, 0.6) is 5.75 Å². The van der Waals surface area contributed by atoms with Gasteiger partial charge in [-0.2, -0.15) is 8.78 Å². The van der Waals surface area contributed by atoms with Gasteiger partial charge in [-0.1, -0.05) is 58.8 Å². The molecule has 3 nitrogen and oxygen atoms in total. The van der Waals surface area contributed by atoms with Gasteiger partial charge in [0.15, 0.2) is 5.82 Å². The van der Waals surface area contributed by atoms with E-state index in [1.54, 1.807) is 24.3 Å². The van der Waals surface area contributed by atoms with E-state index in [0.29, 0.717) is 18.7 Å². The van der Waals surface area contributed by atoms with Crippen molar-refractivity contribution in [1.82, 2.24) is 9.97 Å². The number of nitrogens with zero attached hydrogens (tertiary/aromatic N) is 2. The van der Waals surface area contributed by atoms with Gasteiger partial charge in [-0.3, -0.25) is 0 Å². The van der Waals surface area contributed by atoms with E-state index in [4.69, 9.17) is 4.74 Å². The summed E-state index contributed by atoms with van der Waals surface area (Å²) in [5.41, 5.74) is 1.93. The van der Waals surface area contributed by atoms with E-state index in [1.807, 2.05) is 19.3 Å². The van der Waals surface area contributed by atoms with Crippen molar-refractivity contribution in [2.24, 2.45) is 0 Å². The highest BCUT2D eigenvalue weighted by molar-refractivity contribution is 5.55. The molecule has 0 aliphatic carbocycles. The minimum absolute atomic E-state index is 0.158. The minimum atomic E-state index is -3.13. The molecule has 0 unspecified atom stereocenters. The largest absolute Gasteiger partial charge is 0.433 e. The summed E-state index contributed by atoms with van der Waals surface area (Å²) < 4.78 is 32.3. The molecular weight excluding hydrogens is 370 g/mol. The third-order valence-corrected chi connectivity index (χ3v) is 4.98. The van der Waals surface area contributed by atoms with Crippen molar-refractivity contribution in [3.63, 3.8) is 0 Å². The SMILES string of the molecule is CCCCCCCCCc1cnc(-c2ccc(OC(F)(F)CCCC)cc2)nc1. The van der Waals surface area contributed by atoms with Crippen LogP contribution in [0.3, 0.4) is 0 Å². The van der Waals surface area contributed by atoms with Crippen LogP contribution in [-0.4, -0.2) is 16.1 Å². The van der Waals surface area contributed by atoms with Gasteiger partial charge in [-0.15, -0.1) is 0 Å². The molecule has 0 aliphatic rings. The zero-order valence-corrected chi connectivity index (χ0v) is 17.8. The van der Waals surface area contributed by atoms with E-state index >= 15 is 0 Å². The first-order valence-corrected chi connectivity index (χ1v) is 11.0. The van der Waals surface area contributed by atoms with Crippen molar-refractivity contribution in [1.29, 1.82) is 0 Å². The van der Waals surface area contributed by atoms with Crippen LogP contribution in [0.15, 0.2) is 36.7 Å². The second kappa shape index (κ2) is 12.5. The standard InChI is InChI=1S/C24H34F2N2O/c1-3-5-7-8-9-10-11-12-20-18-27-23(28-19-20)21-13-15-22(16-14-21)29-24(25,26)17-6-4-2/h13-16,18-19H,3-12,17H2,1-2H3. The van der Waals surface area contributed by atoms with Crippen LogP contribution in [0.25, 0.3) is 11.4 Å². The average molecular weight is 405 g/mol. The fraction of sp³-hybridized carbons (Fsp3) is 0.583. The third kappa shape index (κ3) is 8.88. The highest BCUT2D eigenvalue weighted by atomic mass is 19.3. The maximum atomic E-state index is 13.7. The number of alkyl halides is 2. The quantitative estimate of drug-likeness (QED) is 0.304. The van der Waals surface area contributed by atoms with Gasteiger partial charge in [0, 0.05) is 18.0 Å². The van der Waals surface area contributed by atoms with Crippen LogP contribution in [0, 0.1) is 0 Å². The molecule has 0 bridgehead atoms. The van der Waals surface area contributed by atoms with Crippen LogP contribution < -0.4 is 4.74 Å². The molecule has 0 atom stereocenters. The Morgan fingerprint density at radius 3 is 2.00 bits per heavy atom. The lowest BCUT2D eigenvalue weighted by Crippen LogP contribution is -2.24. The molecule has 0 aliphatic heterocycles. The summed E-state index contributed by atoms with van der Waals surface area (Å²) in [7, 11) is 0. The summed E-state index contributed by atoms with van der Waals surface area (Å²) in [5, 5.41) is 0. The summed E-state index contributed by atoms with van der Waals surface area (Å²) >= 11 is 0. The van der Waals surface area contributed by atoms with Gasteiger partial charge < -0.3 is 4.74 Å². The predicted octanol–water partition coefficient (Wildman–Crippen LogP) is 7.60. The molecule has 0 spiro atoms. The van der Waals surface area contributed by atoms with Crippen LogP contribution in [0.1, 0.15) is 83.6 Å². The molecule has 1 aromatic carbocycles. The number of hydrogen-bond acceptors (Lipinski definition) is 3. The number of hydrogen-bond donors (Lipinski definition) is 0. The van der Waals surface area contributed by atoms with Crippen LogP contribution in [0.4, 0.5) is 8.78 Å². The van der Waals surface area contributed by atoms with Gasteiger partial charge in [0.25, 0.3) is 0 Å². The molecule has 1 heterocycles. The lowest BCUT2D eigenvalue weighted by atomic mass is 10.1. The molecule has 0 radical (unpaired) electrons. The number of rotatable bonds is 14.